The number of nitrogens with two attached hydrogens (primary N) is 1. The number of nitrogens with zero attached hydrogens (tertiary/aromatic N) is 1. The second-order valence-electron chi connectivity index (χ2n) is 5.90. The number of benzene rings is 1. The van der Waals surface area contributed by atoms with Crippen LogP contribution in [0.3, 0.4) is 0 Å². The van der Waals surface area contributed by atoms with Crippen LogP contribution in [0.4, 0.5) is 17.6 Å². The Hall–Kier alpha value is -2.16. The van der Waals surface area contributed by atoms with Gasteiger partial charge in [0.2, 0.25) is 5.91 Å². The number of amides is 2. The van der Waals surface area contributed by atoms with Crippen LogP contribution < -0.4 is 11.1 Å². The summed E-state index contributed by atoms with van der Waals surface area (Å²) in [6.07, 6.45) is -3.64. The van der Waals surface area contributed by atoms with Crippen LogP contribution in [0.1, 0.15) is 28.8 Å². The predicted octanol–water partition coefficient (Wildman–Crippen LogP) is 1.77. The van der Waals surface area contributed by atoms with Crippen LogP contribution in [0.5, 0.6) is 0 Å². The largest absolute Gasteiger partial charge is 0.416 e. The van der Waals surface area contributed by atoms with Crippen LogP contribution in [0, 0.1) is 11.7 Å². The van der Waals surface area contributed by atoms with Crippen LogP contribution in [0.15, 0.2) is 18.2 Å². The van der Waals surface area contributed by atoms with E-state index < -0.39 is 29.4 Å². The second-order valence-corrected chi connectivity index (χ2v) is 5.90. The molecule has 0 aliphatic carbocycles. The fraction of sp³-hybridized carbons (Fsp3) is 0.500. The van der Waals surface area contributed by atoms with Gasteiger partial charge in [0.25, 0.3) is 5.91 Å². The molecule has 1 atom stereocenters. The zero-order valence-corrected chi connectivity index (χ0v) is 13.4. The number of halogens is 4. The molecule has 138 valence electrons. The molecule has 1 aliphatic rings. The first kappa shape index (κ1) is 19.2. The van der Waals surface area contributed by atoms with Gasteiger partial charge < -0.3 is 16.0 Å². The molecule has 1 heterocycles. The minimum absolute atomic E-state index is 0.0765. The summed E-state index contributed by atoms with van der Waals surface area (Å²) in [6.45, 7) is 0.969. The first-order chi connectivity index (χ1) is 11.7. The smallest absolute Gasteiger partial charge is 0.355 e. The molecule has 2 amide bonds. The zero-order chi connectivity index (χ0) is 18.6. The maximum absolute atomic E-state index is 13.5. The molecule has 2 rings (SSSR count). The lowest BCUT2D eigenvalue weighted by Crippen LogP contribution is -2.46. The van der Waals surface area contributed by atoms with Crippen molar-refractivity contribution < 1.29 is 27.2 Å². The van der Waals surface area contributed by atoms with E-state index in [1.165, 1.54) is 4.90 Å². The van der Waals surface area contributed by atoms with E-state index in [2.05, 4.69) is 5.32 Å². The Labute approximate surface area is 142 Å². The van der Waals surface area contributed by atoms with Gasteiger partial charge in [-0.15, -0.1) is 0 Å². The topological polar surface area (TPSA) is 75.4 Å². The normalized spacial score (nSPS) is 18.1. The van der Waals surface area contributed by atoms with Crippen LogP contribution in [-0.4, -0.2) is 42.9 Å². The summed E-state index contributed by atoms with van der Waals surface area (Å²) >= 11 is 0. The molecule has 0 aromatic heterocycles. The maximum atomic E-state index is 13.5. The van der Waals surface area contributed by atoms with Gasteiger partial charge in [-0.25, -0.2) is 4.39 Å². The number of nitrogens with one attached hydrogen (secondary N) is 1. The second kappa shape index (κ2) is 7.81. The third-order valence-corrected chi connectivity index (χ3v) is 4.00. The predicted molar refractivity (Wildman–Crippen MR) is 82.1 cm³/mol. The number of alkyl halides is 3. The Morgan fingerprint density at radius 1 is 1.28 bits per heavy atom. The lowest BCUT2D eigenvalue weighted by atomic mass is 9.96. The average molecular weight is 361 g/mol. The van der Waals surface area contributed by atoms with Gasteiger partial charge in [-0.05, 0) is 31.0 Å². The molecule has 9 heteroatoms. The molecule has 5 nitrogen and oxygen atoms in total. The molecule has 0 spiro atoms. The fourth-order valence-electron chi connectivity index (χ4n) is 2.77. The van der Waals surface area contributed by atoms with Crippen molar-refractivity contribution in [1.29, 1.82) is 0 Å². The molecule has 1 aliphatic heterocycles. The number of carbonyl (C=O) groups is 2. The highest BCUT2D eigenvalue weighted by atomic mass is 19.4. The molecule has 1 saturated heterocycles. The molecule has 1 aromatic rings. The molecule has 0 bridgehead atoms. The van der Waals surface area contributed by atoms with Crippen molar-refractivity contribution in [2.75, 3.05) is 26.2 Å². The van der Waals surface area contributed by atoms with Crippen molar-refractivity contribution in [1.82, 2.24) is 10.2 Å². The monoisotopic (exact) mass is 361 g/mol. The Morgan fingerprint density at radius 3 is 2.64 bits per heavy atom. The average Bonchev–Trinajstić information content (AvgIpc) is 2.57. The quantitative estimate of drug-likeness (QED) is 0.803. The van der Waals surface area contributed by atoms with E-state index in [0.717, 1.165) is 6.07 Å². The zero-order valence-electron chi connectivity index (χ0n) is 13.4. The molecule has 25 heavy (non-hydrogen) atoms. The van der Waals surface area contributed by atoms with Gasteiger partial charge in [0.05, 0.1) is 11.5 Å². The Morgan fingerprint density at radius 2 is 2.00 bits per heavy atom. The number of likely N-dealkylation sites (tertiary alicyclic amines) is 1. The highest BCUT2D eigenvalue weighted by Crippen LogP contribution is 2.31. The van der Waals surface area contributed by atoms with Gasteiger partial charge in [-0.2, -0.15) is 13.2 Å². The van der Waals surface area contributed by atoms with Gasteiger partial charge in [-0.3, -0.25) is 9.59 Å². The molecular formula is C16H19F4N3O2. The van der Waals surface area contributed by atoms with Crippen LogP contribution in [0.25, 0.3) is 0 Å². The maximum Gasteiger partial charge on any atom is 0.416 e. The van der Waals surface area contributed by atoms with Crippen molar-refractivity contribution in [2.45, 2.75) is 19.0 Å². The first-order valence-corrected chi connectivity index (χ1v) is 7.87. The summed E-state index contributed by atoms with van der Waals surface area (Å²) < 4.78 is 51.8. The van der Waals surface area contributed by atoms with Crippen LogP contribution in [-0.2, 0) is 11.0 Å². The summed E-state index contributed by atoms with van der Waals surface area (Å²) in [7, 11) is 0. The Kier molecular flexibility index (Phi) is 5.99. The summed E-state index contributed by atoms with van der Waals surface area (Å²) in [6, 6.07) is 1.75. The molecule has 1 fully saturated rings. The number of piperidine rings is 1. The van der Waals surface area contributed by atoms with E-state index in [1.807, 2.05) is 0 Å². The third-order valence-electron chi connectivity index (χ3n) is 4.00. The summed E-state index contributed by atoms with van der Waals surface area (Å²) in [5.41, 5.74) is 3.72. The van der Waals surface area contributed by atoms with E-state index in [9.17, 15) is 27.2 Å². The van der Waals surface area contributed by atoms with Crippen LogP contribution in [0.2, 0.25) is 0 Å². The van der Waals surface area contributed by atoms with Gasteiger partial charge >= 0.3 is 6.18 Å². The van der Waals surface area contributed by atoms with Gasteiger partial charge in [0.1, 0.15) is 5.82 Å². The van der Waals surface area contributed by atoms with Crippen molar-refractivity contribution in [3.63, 3.8) is 0 Å². The van der Waals surface area contributed by atoms with E-state index >= 15 is 0 Å². The van der Waals surface area contributed by atoms with Crippen molar-refractivity contribution >= 4 is 11.8 Å². The molecule has 0 radical (unpaired) electrons. The summed E-state index contributed by atoms with van der Waals surface area (Å²) in [5.74, 6) is -2.56. The Balaban J connectivity index is 2.14. The van der Waals surface area contributed by atoms with Gasteiger partial charge in [0, 0.05) is 31.7 Å². The molecule has 0 saturated carbocycles. The lowest BCUT2D eigenvalue weighted by molar-refractivity contribution is -0.137. The molecule has 1 aromatic carbocycles. The van der Waals surface area contributed by atoms with E-state index in [4.69, 9.17) is 5.73 Å². The standard InChI is InChI=1S/C16H19F4N3O2/c17-13-7-11(6-12(8-13)16(18,19)20)15(25)23-5-1-2-10(9-23)14(24)22-4-3-21/h6-8,10H,1-5,9,21H2,(H,22,24). The van der Waals surface area contributed by atoms with E-state index in [1.54, 1.807) is 0 Å². The number of rotatable bonds is 4. The van der Waals surface area contributed by atoms with Crippen molar-refractivity contribution in [2.24, 2.45) is 11.7 Å². The number of hydrogen-bond donors (Lipinski definition) is 2. The lowest BCUT2D eigenvalue weighted by Gasteiger charge is -2.32. The van der Waals surface area contributed by atoms with Gasteiger partial charge in [0.15, 0.2) is 0 Å². The minimum atomic E-state index is -4.75. The SMILES string of the molecule is NCCNC(=O)C1CCCN(C(=O)c2cc(F)cc(C(F)(F)F)c2)C1. The third kappa shape index (κ3) is 4.91. The Bertz CT molecular complexity index is 649. The van der Waals surface area contributed by atoms with Crippen molar-refractivity contribution in [3.8, 4) is 0 Å². The van der Waals surface area contributed by atoms with E-state index in [-0.39, 0.29) is 24.6 Å². The fourth-order valence-corrected chi connectivity index (χ4v) is 2.77. The van der Waals surface area contributed by atoms with Crippen LogP contribution >= 0.6 is 0 Å². The highest BCUT2D eigenvalue weighted by molar-refractivity contribution is 5.95. The number of carbonyl (C=O) groups excluding carboxylic acids is 2. The molecular weight excluding hydrogens is 342 g/mol. The van der Waals surface area contributed by atoms with Crippen molar-refractivity contribution in [3.05, 3.63) is 35.1 Å². The summed E-state index contributed by atoms with van der Waals surface area (Å²) in [4.78, 5) is 25.7. The highest BCUT2D eigenvalue weighted by Gasteiger charge is 2.33. The molecule has 3 N–H and O–H groups in total. The summed E-state index contributed by atoms with van der Waals surface area (Å²) in [5, 5.41) is 2.63. The molecule has 1 unspecified atom stereocenters. The first-order valence-electron chi connectivity index (χ1n) is 7.87. The van der Waals surface area contributed by atoms with Gasteiger partial charge in [-0.1, -0.05) is 0 Å². The number of hydrogen-bond acceptors (Lipinski definition) is 3. The minimum Gasteiger partial charge on any atom is -0.355 e. The van der Waals surface area contributed by atoms with E-state index in [0.29, 0.717) is 38.1 Å².